The van der Waals surface area contributed by atoms with Crippen molar-refractivity contribution in [3.8, 4) is 0 Å². The van der Waals surface area contributed by atoms with E-state index in [1.54, 1.807) is 0 Å². The number of hydrogen-bond donors (Lipinski definition) is 2. The van der Waals surface area contributed by atoms with Crippen LogP contribution in [0.25, 0.3) is 0 Å². The van der Waals surface area contributed by atoms with Gasteiger partial charge in [0.05, 0.1) is 0 Å². The molecule has 1 aliphatic heterocycles. The average molecular weight is 239 g/mol. The quantitative estimate of drug-likeness (QED) is 0.710. The number of urea groups is 1. The van der Waals surface area contributed by atoms with Gasteiger partial charge >= 0.3 is 6.03 Å². The molecule has 2 rings (SSSR count). The summed E-state index contributed by atoms with van der Waals surface area (Å²) >= 11 is 0. The van der Waals surface area contributed by atoms with Crippen molar-refractivity contribution >= 4 is 11.9 Å². The van der Waals surface area contributed by atoms with Gasteiger partial charge in [-0.1, -0.05) is 0 Å². The third-order valence-electron chi connectivity index (χ3n) is 3.29. The Hall–Kier alpha value is -1.26. The molecule has 0 radical (unpaired) electrons. The van der Waals surface area contributed by atoms with Gasteiger partial charge in [0.15, 0.2) is 0 Å². The van der Waals surface area contributed by atoms with Crippen molar-refractivity contribution in [2.75, 3.05) is 26.2 Å². The van der Waals surface area contributed by atoms with Crippen molar-refractivity contribution in [1.29, 1.82) is 0 Å². The van der Waals surface area contributed by atoms with Crippen molar-refractivity contribution in [2.45, 2.75) is 32.1 Å². The molecule has 0 unspecified atom stereocenters. The van der Waals surface area contributed by atoms with Gasteiger partial charge in [-0.25, -0.2) is 4.79 Å². The Labute approximate surface area is 102 Å². The Morgan fingerprint density at radius 3 is 2.29 bits per heavy atom. The van der Waals surface area contributed by atoms with E-state index in [0.29, 0.717) is 13.1 Å². The topological polar surface area (TPSA) is 61.4 Å². The van der Waals surface area contributed by atoms with E-state index in [4.69, 9.17) is 0 Å². The summed E-state index contributed by atoms with van der Waals surface area (Å²) in [5, 5.41) is 5.67. The summed E-state index contributed by atoms with van der Waals surface area (Å²) in [6.07, 6.45) is 5.47. The first-order valence-corrected chi connectivity index (χ1v) is 6.58. The summed E-state index contributed by atoms with van der Waals surface area (Å²) in [5.74, 6) is 0.380. The molecule has 0 aromatic carbocycles. The molecule has 2 N–H and O–H groups in total. The normalized spacial score (nSPS) is 19.9. The van der Waals surface area contributed by atoms with Gasteiger partial charge in [0.1, 0.15) is 0 Å². The van der Waals surface area contributed by atoms with Gasteiger partial charge in [-0.3, -0.25) is 4.79 Å². The SMILES string of the molecule is O=C(NCCNC(=O)N1CCCCC1)C1CC1. The molecule has 96 valence electrons. The van der Waals surface area contributed by atoms with Crippen LogP contribution in [0.1, 0.15) is 32.1 Å². The minimum Gasteiger partial charge on any atom is -0.354 e. The van der Waals surface area contributed by atoms with Crippen LogP contribution in [-0.4, -0.2) is 43.0 Å². The Balaban J connectivity index is 1.54. The predicted molar refractivity (Wildman–Crippen MR) is 64.6 cm³/mol. The minimum absolute atomic E-state index is 0.00497. The first-order valence-electron chi connectivity index (χ1n) is 6.58. The van der Waals surface area contributed by atoms with E-state index in [2.05, 4.69) is 10.6 Å². The number of piperidine rings is 1. The fourth-order valence-electron chi connectivity index (χ4n) is 2.05. The van der Waals surface area contributed by atoms with Crippen LogP contribution in [0.3, 0.4) is 0 Å². The molecule has 0 aromatic rings. The smallest absolute Gasteiger partial charge is 0.317 e. The third kappa shape index (κ3) is 3.91. The molecule has 5 heteroatoms. The first-order chi connectivity index (χ1) is 8.27. The largest absolute Gasteiger partial charge is 0.354 e. The van der Waals surface area contributed by atoms with E-state index < -0.39 is 0 Å². The Bertz CT molecular complexity index is 283. The minimum atomic E-state index is 0.00497. The maximum absolute atomic E-state index is 11.7. The van der Waals surface area contributed by atoms with Crippen LogP contribution in [-0.2, 0) is 4.79 Å². The zero-order valence-electron chi connectivity index (χ0n) is 10.2. The Morgan fingerprint density at radius 2 is 1.65 bits per heavy atom. The number of amides is 3. The van der Waals surface area contributed by atoms with Gasteiger partial charge in [0.2, 0.25) is 5.91 Å². The van der Waals surface area contributed by atoms with Gasteiger partial charge in [-0.2, -0.15) is 0 Å². The molecule has 1 aliphatic carbocycles. The highest BCUT2D eigenvalue weighted by molar-refractivity contribution is 5.80. The lowest BCUT2D eigenvalue weighted by Gasteiger charge is -2.26. The number of nitrogens with one attached hydrogen (secondary N) is 2. The number of nitrogens with zero attached hydrogens (tertiary/aromatic N) is 1. The molecule has 0 spiro atoms. The van der Waals surface area contributed by atoms with Gasteiger partial charge in [-0.15, -0.1) is 0 Å². The monoisotopic (exact) mass is 239 g/mol. The zero-order chi connectivity index (χ0) is 12.1. The molecule has 0 bridgehead atoms. The first kappa shape index (κ1) is 12.2. The van der Waals surface area contributed by atoms with Crippen LogP contribution in [0, 0.1) is 5.92 Å². The van der Waals surface area contributed by atoms with Gasteiger partial charge < -0.3 is 15.5 Å². The maximum atomic E-state index is 11.7. The molecule has 3 amide bonds. The fourth-order valence-corrected chi connectivity index (χ4v) is 2.05. The zero-order valence-corrected chi connectivity index (χ0v) is 10.2. The number of rotatable bonds is 4. The van der Waals surface area contributed by atoms with Crippen LogP contribution in [0.2, 0.25) is 0 Å². The van der Waals surface area contributed by atoms with Crippen LogP contribution in [0.15, 0.2) is 0 Å². The lowest BCUT2D eigenvalue weighted by atomic mass is 10.1. The van der Waals surface area contributed by atoms with E-state index in [0.717, 1.165) is 38.8 Å². The second-order valence-electron chi connectivity index (χ2n) is 4.84. The van der Waals surface area contributed by atoms with Crippen molar-refractivity contribution in [1.82, 2.24) is 15.5 Å². The summed E-state index contributed by atoms with van der Waals surface area (Å²) in [4.78, 5) is 24.9. The van der Waals surface area contributed by atoms with Crippen molar-refractivity contribution in [3.63, 3.8) is 0 Å². The second kappa shape index (κ2) is 5.89. The lowest BCUT2D eigenvalue weighted by molar-refractivity contribution is -0.122. The number of carbonyl (C=O) groups is 2. The second-order valence-corrected chi connectivity index (χ2v) is 4.84. The Kier molecular flexibility index (Phi) is 4.23. The third-order valence-corrected chi connectivity index (χ3v) is 3.29. The summed E-state index contributed by atoms with van der Waals surface area (Å²) in [6, 6.07) is 0.00497. The van der Waals surface area contributed by atoms with E-state index in [9.17, 15) is 9.59 Å². The average Bonchev–Trinajstić information content (AvgIpc) is 3.19. The summed E-state index contributed by atoms with van der Waals surface area (Å²) < 4.78 is 0. The maximum Gasteiger partial charge on any atom is 0.317 e. The molecular weight excluding hydrogens is 218 g/mol. The van der Waals surface area contributed by atoms with Crippen LogP contribution in [0.5, 0.6) is 0 Å². The number of likely N-dealkylation sites (tertiary alicyclic amines) is 1. The van der Waals surface area contributed by atoms with Gasteiger partial charge in [0.25, 0.3) is 0 Å². The highest BCUT2D eigenvalue weighted by atomic mass is 16.2. The molecule has 1 saturated carbocycles. The van der Waals surface area contributed by atoms with Crippen LogP contribution >= 0.6 is 0 Å². The molecule has 1 heterocycles. The lowest BCUT2D eigenvalue weighted by Crippen LogP contribution is -2.45. The van der Waals surface area contributed by atoms with Crippen molar-refractivity contribution in [3.05, 3.63) is 0 Å². The van der Waals surface area contributed by atoms with E-state index in [1.165, 1.54) is 6.42 Å². The Morgan fingerprint density at radius 1 is 1.00 bits per heavy atom. The van der Waals surface area contributed by atoms with Gasteiger partial charge in [-0.05, 0) is 32.1 Å². The van der Waals surface area contributed by atoms with Crippen LogP contribution < -0.4 is 10.6 Å². The summed E-state index contributed by atoms with van der Waals surface area (Å²) in [6.45, 7) is 2.78. The highest BCUT2D eigenvalue weighted by Crippen LogP contribution is 2.28. The van der Waals surface area contributed by atoms with Crippen LogP contribution in [0.4, 0.5) is 4.79 Å². The molecule has 2 aliphatic rings. The van der Waals surface area contributed by atoms with Gasteiger partial charge in [0, 0.05) is 32.1 Å². The predicted octanol–water partition coefficient (Wildman–Crippen LogP) is 0.708. The summed E-state index contributed by atoms with van der Waals surface area (Å²) in [5.41, 5.74) is 0. The highest BCUT2D eigenvalue weighted by Gasteiger charge is 2.29. The molecule has 1 saturated heterocycles. The van der Waals surface area contributed by atoms with Crippen molar-refractivity contribution < 1.29 is 9.59 Å². The van der Waals surface area contributed by atoms with E-state index in [-0.39, 0.29) is 17.9 Å². The molecule has 2 fully saturated rings. The number of carbonyl (C=O) groups excluding carboxylic acids is 2. The summed E-state index contributed by atoms with van der Waals surface area (Å²) in [7, 11) is 0. The molecule has 0 atom stereocenters. The molecule has 5 nitrogen and oxygen atoms in total. The number of hydrogen-bond acceptors (Lipinski definition) is 2. The molecular formula is C12H21N3O2. The fraction of sp³-hybridized carbons (Fsp3) is 0.833. The van der Waals surface area contributed by atoms with Crippen molar-refractivity contribution in [2.24, 2.45) is 5.92 Å². The molecule has 0 aromatic heterocycles. The van der Waals surface area contributed by atoms with E-state index in [1.807, 2.05) is 4.90 Å². The van der Waals surface area contributed by atoms with E-state index >= 15 is 0 Å². The molecule has 17 heavy (non-hydrogen) atoms. The standard InChI is InChI=1S/C12H21N3O2/c16-11(10-4-5-10)13-6-7-14-12(17)15-8-2-1-3-9-15/h10H,1-9H2,(H,13,16)(H,14,17).